The van der Waals surface area contributed by atoms with E-state index >= 15 is 0 Å². The number of nitrogens with two attached hydrogens (primary N) is 1. The Hall–Kier alpha value is -0.930. The number of benzene rings is 1. The molecule has 2 nitrogen and oxygen atoms in total. The van der Waals surface area contributed by atoms with Gasteiger partial charge in [-0.05, 0) is 31.4 Å². The normalized spacial score (nSPS) is 29.0. The fraction of sp³-hybridized carbons (Fsp3) is 0.500. The molecule has 1 fully saturated rings. The van der Waals surface area contributed by atoms with Gasteiger partial charge in [0.2, 0.25) is 0 Å². The second-order valence-electron chi connectivity index (χ2n) is 5.36. The van der Waals surface area contributed by atoms with Crippen LogP contribution in [0.4, 0.5) is 0 Å². The zero-order valence-corrected chi connectivity index (χ0v) is 11.2. The van der Waals surface area contributed by atoms with Crippen LogP contribution in [0.2, 0.25) is 0 Å². The summed E-state index contributed by atoms with van der Waals surface area (Å²) in [6.07, 6.45) is 3.53. The number of fused-ring (bicyclic) bond motifs is 1. The summed E-state index contributed by atoms with van der Waals surface area (Å²) in [5.74, 6) is 0. The highest BCUT2D eigenvalue weighted by Gasteiger charge is 2.40. The quantitative estimate of drug-likeness (QED) is 0.838. The van der Waals surface area contributed by atoms with Crippen molar-refractivity contribution in [3.8, 4) is 0 Å². The minimum Gasteiger partial charge on any atom is -0.327 e. The van der Waals surface area contributed by atoms with Gasteiger partial charge in [0.15, 0.2) is 0 Å². The van der Waals surface area contributed by atoms with E-state index in [9.17, 15) is 0 Å². The van der Waals surface area contributed by atoms with E-state index in [1.165, 1.54) is 28.1 Å². The van der Waals surface area contributed by atoms with Gasteiger partial charge in [0, 0.05) is 11.5 Å². The molecule has 2 aromatic rings. The summed E-state index contributed by atoms with van der Waals surface area (Å²) in [4.78, 5) is 4.85. The largest absolute Gasteiger partial charge is 0.327 e. The maximum atomic E-state index is 6.27. The van der Waals surface area contributed by atoms with E-state index in [2.05, 4.69) is 32.0 Å². The van der Waals surface area contributed by atoms with Crippen LogP contribution in [-0.4, -0.2) is 11.0 Å². The minimum absolute atomic E-state index is 0.0934. The third-order valence-electron chi connectivity index (χ3n) is 4.14. The lowest BCUT2D eigenvalue weighted by atomic mass is 9.86. The molecule has 0 spiro atoms. The van der Waals surface area contributed by atoms with Crippen LogP contribution in [0.1, 0.15) is 36.8 Å². The van der Waals surface area contributed by atoms with E-state index in [4.69, 9.17) is 10.7 Å². The van der Waals surface area contributed by atoms with E-state index in [1.807, 2.05) is 11.3 Å². The predicted molar refractivity (Wildman–Crippen MR) is 73.5 cm³/mol. The number of aryl methyl sites for hydroxylation is 1. The van der Waals surface area contributed by atoms with Gasteiger partial charge >= 0.3 is 0 Å². The van der Waals surface area contributed by atoms with Crippen LogP contribution in [-0.2, 0) is 5.41 Å². The lowest BCUT2D eigenvalue weighted by Crippen LogP contribution is -2.38. The summed E-state index contributed by atoms with van der Waals surface area (Å²) in [6, 6.07) is 6.66. The Bertz CT molecular complexity index is 560. The molecule has 0 aliphatic heterocycles. The second kappa shape index (κ2) is 3.79. The molecule has 1 aromatic carbocycles. The smallest absolute Gasteiger partial charge is 0.101 e. The summed E-state index contributed by atoms with van der Waals surface area (Å²) in [5, 5.41) is 1.23. The summed E-state index contributed by atoms with van der Waals surface area (Å²) < 4.78 is 1.29. The van der Waals surface area contributed by atoms with Gasteiger partial charge in [-0.25, -0.2) is 4.98 Å². The predicted octanol–water partition coefficient (Wildman–Crippen LogP) is 3.37. The first-order valence-corrected chi connectivity index (χ1v) is 7.05. The Kier molecular flexibility index (Phi) is 2.49. The molecule has 1 saturated carbocycles. The van der Waals surface area contributed by atoms with E-state index in [0.717, 1.165) is 11.9 Å². The number of thiazole rings is 1. The molecule has 1 aromatic heterocycles. The summed E-state index contributed by atoms with van der Waals surface area (Å²) in [7, 11) is 0. The molecular formula is C14H18N2S. The van der Waals surface area contributed by atoms with Crippen LogP contribution in [0.5, 0.6) is 0 Å². The van der Waals surface area contributed by atoms with Gasteiger partial charge in [0.25, 0.3) is 0 Å². The molecule has 0 saturated heterocycles. The van der Waals surface area contributed by atoms with Crippen molar-refractivity contribution in [1.82, 2.24) is 4.98 Å². The highest BCUT2D eigenvalue weighted by Crippen LogP contribution is 2.43. The van der Waals surface area contributed by atoms with Gasteiger partial charge in [0.1, 0.15) is 5.01 Å². The highest BCUT2D eigenvalue weighted by molar-refractivity contribution is 7.18. The maximum Gasteiger partial charge on any atom is 0.101 e. The van der Waals surface area contributed by atoms with Crippen molar-refractivity contribution >= 4 is 21.6 Å². The maximum absolute atomic E-state index is 6.27. The number of hydrogen-bond acceptors (Lipinski definition) is 3. The molecule has 0 radical (unpaired) electrons. The van der Waals surface area contributed by atoms with E-state index in [1.54, 1.807) is 0 Å². The topological polar surface area (TPSA) is 38.9 Å². The zero-order valence-electron chi connectivity index (χ0n) is 10.4. The molecular weight excluding hydrogens is 228 g/mol. The van der Waals surface area contributed by atoms with Crippen LogP contribution in [0.15, 0.2) is 18.2 Å². The summed E-state index contributed by atoms with van der Waals surface area (Å²) >= 11 is 1.82. The van der Waals surface area contributed by atoms with Crippen LogP contribution in [0, 0.1) is 6.92 Å². The zero-order chi connectivity index (χ0) is 12.0. The fourth-order valence-electron chi connectivity index (χ4n) is 2.79. The van der Waals surface area contributed by atoms with E-state index in [0.29, 0.717) is 0 Å². The lowest BCUT2D eigenvalue weighted by Gasteiger charge is -2.26. The van der Waals surface area contributed by atoms with Crippen molar-refractivity contribution in [3.05, 3.63) is 28.8 Å². The Morgan fingerprint density at radius 3 is 2.94 bits per heavy atom. The average molecular weight is 246 g/mol. The third kappa shape index (κ3) is 1.60. The van der Waals surface area contributed by atoms with Crippen molar-refractivity contribution < 1.29 is 0 Å². The Labute approximate surface area is 106 Å². The molecule has 1 aliphatic carbocycles. The van der Waals surface area contributed by atoms with E-state index < -0.39 is 0 Å². The first kappa shape index (κ1) is 11.2. The van der Waals surface area contributed by atoms with Gasteiger partial charge in [-0.1, -0.05) is 25.5 Å². The SMILES string of the molecule is Cc1cccc2sc(C3(C)CCCC3N)nc12. The van der Waals surface area contributed by atoms with Crippen molar-refractivity contribution in [2.75, 3.05) is 0 Å². The number of nitrogens with zero attached hydrogens (tertiary/aromatic N) is 1. The standard InChI is InChI=1S/C14H18N2S/c1-9-5-3-6-10-12(9)16-13(17-10)14(2)8-4-7-11(14)15/h3,5-6,11H,4,7-8,15H2,1-2H3. The fourth-order valence-corrected chi connectivity index (χ4v) is 4.07. The Morgan fingerprint density at radius 2 is 2.29 bits per heavy atom. The Morgan fingerprint density at radius 1 is 1.47 bits per heavy atom. The number of para-hydroxylation sites is 1. The van der Waals surface area contributed by atoms with Gasteiger partial charge in [0.05, 0.1) is 10.2 Å². The van der Waals surface area contributed by atoms with Crippen LogP contribution < -0.4 is 5.73 Å². The van der Waals surface area contributed by atoms with Crippen molar-refractivity contribution in [1.29, 1.82) is 0 Å². The van der Waals surface area contributed by atoms with Crippen LogP contribution in [0.25, 0.3) is 10.2 Å². The third-order valence-corrected chi connectivity index (χ3v) is 5.44. The van der Waals surface area contributed by atoms with Gasteiger partial charge in [-0.2, -0.15) is 0 Å². The molecule has 0 bridgehead atoms. The molecule has 2 atom stereocenters. The number of aromatic nitrogens is 1. The van der Waals surface area contributed by atoms with Gasteiger partial charge < -0.3 is 5.73 Å². The van der Waals surface area contributed by atoms with Gasteiger partial charge in [-0.3, -0.25) is 0 Å². The van der Waals surface area contributed by atoms with E-state index in [-0.39, 0.29) is 11.5 Å². The molecule has 1 aliphatic rings. The molecule has 3 rings (SSSR count). The number of hydrogen-bond donors (Lipinski definition) is 1. The summed E-state index contributed by atoms with van der Waals surface area (Å²) in [5.41, 5.74) is 8.79. The Balaban J connectivity index is 2.15. The monoisotopic (exact) mass is 246 g/mol. The lowest BCUT2D eigenvalue weighted by molar-refractivity contribution is 0.428. The molecule has 90 valence electrons. The molecule has 3 heteroatoms. The first-order chi connectivity index (χ1) is 8.11. The minimum atomic E-state index is 0.0934. The molecule has 2 N–H and O–H groups in total. The molecule has 1 heterocycles. The molecule has 2 unspecified atom stereocenters. The molecule has 17 heavy (non-hydrogen) atoms. The summed E-state index contributed by atoms with van der Waals surface area (Å²) in [6.45, 7) is 4.40. The van der Waals surface area contributed by atoms with Crippen LogP contribution >= 0.6 is 11.3 Å². The van der Waals surface area contributed by atoms with Crippen molar-refractivity contribution in [2.24, 2.45) is 5.73 Å². The first-order valence-electron chi connectivity index (χ1n) is 6.23. The second-order valence-corrected chi connectivity index (χ2v) is 6.39. The number of rotatable bonds is 1. The molecule has 0 amide bonds. The van der Waals surface area contributed by atoms with Crippen molar-refractivity contribution in [3.63, 3.8) is 0 Å². The van der Waals surface area contributed by atoms with Gasteiger partial charge in [-0.15, -0.1) is 11.3 Å². The highest BCUT2D eigenvalue weighted by atomic mass is 32.1. The average Bonchev–Trinajstić information content (AvgIpc) is 2.86. The van der Waals surface area contributed by atoms with Crippen LogP contribution in [0.3, 0.4) is 0 Å². The van der Waals surface area contributed by atoms with Crippen molar-refractivity contribution in [2.45, 2.75) is 44.6 Å².